The van der Waals surface area contributed by atoms with Gasteiger partial charge in [0.15, 0.2) is 0 Å². The molecule has 3 N–H and O–H groups in total. The fourth-order valence-corrected chi connectivity index (χ4v) is 1.88. The van der Waals surface area contributed by atoms with Gasteiger partial charge in [-0.1, -0.05) is 0 Å². The van der Waals surface area contributed by atoms with E-state index in [9.17, 15) is 14.7 Å². The second kappa shape index (κ2) is 5.95. The van der Waals surface area contributed by atoms with Crippen molar-refractivity contribution in [3.8, 4) is 11.2 Å². The van der Waals surface area contributed by atoms with E-state index in [4.69, 9.17) is 5.26 Å². The van der Waals surface area contributed by atoms with Crippen molar-refractivity contribution in [3.63, 3.8) is 0 Å². The summed E-state index contributed by atoms with van der Waals surface area (Å²) in [7, 11) is 0. The molecule has 0 atom stereocenters. The average Bonchev–Trinajstić information content (AvgIpc) is 2.41. The predicted molar refractivity (Wildman–Crippen MR) is 74.6 cm³/mol. The van der Waals surface area contributed by atoms with E-state index in [2.05, 4.69) is 10.3 Å². The smallest absolute Gasteiger partial charge is 0.260 e. The third-order valence-corrected chi connectivity index (χ3v) is 3.02. The standard InChI is InChI=1S/C13H9N3O3S/c14-7-20-9-3-1-8(2-4-9)16-13(19)10-6-15-12(18)5-11(10)17/h1-6H,(H,16,19)(H2,15,17,18). The first-order valence-corrected chi connectivity index (χ1v) is 6.31. The second-order valence-electron chi connectivity index (χ2n) is 3.77. The topological polar surface area (TPSA) is 106 Å². The van der Waals surface area contributed by atoms with Crippen molar-refractivity contribution in [2.24, 2.45) is 0 Å². The summed E-state index contributed by atoms with van der Waals surface area (Å²) in [6.07, 6.45) is 1.15. The largest absolute Gasteiger partial charge is 0.507 e. The van der Waals surface area contributed by atoms with Gasteiger partial charge in [0.05, 0.1) is 5.56 Å². The van der Waals surface area contributed by atoms with Crippen LogP contribution >= 0.6 is 11.8 Å². The number of aromatic hydroxyl groups is 1. The molecule has 2 aromatic rings. The van der Waals surface area contributed by atoms with Crippen LogP contribution in [0.5, 0.6) is 5.75 Å². The monoisotopic (exact) mass is 287 g/mol. The molecule has 0 aliphatic heterocycles. The summed E-state index contributed by atoms with van der Waals surface area (Å²) in [5.41, 5.74) is -0.0000950. The Morgan fingerprint density at radius 2 is 2.05 bits per heavy atom. The first kappa shape index (κ1) is 13.7. The van der Waals surface area contributed by atoms with Crippen molar-refractivity contribution in [2.75, 3.05) is 5.32 Å². The minimum absolute atomic E-state index is 0.0277. The summed E-state index contributed by atoms with van der Waals surface area (Å²) in [6.45, 7) is 0. The number of rotatable bonds is 3. The van der Waals surface area contributed by atoms with Gasteiger partial charge in [-0.2, -0.15) is 5.26 Å². The lowest BCUT2D eigenvalue weighted by Crippen LogP contribution is -2.15. The number of nitriles is 1. The van der Waals surface area contributed by atoms with Crippen molar-refractivity contribution < 1.29 is 9.90 Å². The van der Waals surface area contributed by atoms with Crippen LogP contribution in [0.4, 0.5) is 5.69 Å². The van der Waals surface area contributed by atoms with Crippen LogP contribution in [-0.4, -0.2) is 16.0 Å². The molecule has 0 spiro atoms. The molecule has 1 amide bonds. The molecule has 1 aromatic heterocycles. The van der Waals surface area contributed by atoms with Crippen LogP contribution in [0.25, 0.3) is 0 Å². The highest BCUT2D eigenvalue weighted by Gasteiger charge is 2.11. The molecule has 7 heteroatoms. The van der Waals surface area contributed by atoms with Gasteiger partial charge in [0.2, 0.25) is 0 Å². The minimum Gasteiger partial charge on any atom is -0.507 e. The van der Waals surface area contributed by atoms with Crippen LogP contribution in [0.15, 0.2) is 46.2 Å². The Kier molecular flexibility index (Phi) is 4.08. The number of amides is 1. The third-order valence-electron chi connectivity index (χ3n) is 2.42. The van der Waals surface area contributed by atoms with Gasteiger partial charge in [0.1, 0.15) is 11.2 Å². The number of aromatic amines is 1. The molecule has 0 radical (unpaired) electrons. The molecule has 100 valence electrons. The lowest BCUT2D eigenvalue weighted by molar-refractivity contribution is 0.102. The van der Waals surface area contributed by atoms with Gasteiger partial charge in [-0.3, -0.25) is 9.59 Å². The Balaban J connectivity index is 2.15. The Hall–Kier alpha value is -2.72. The molecule has 0 fully saturated rings. The molecule has 1 heterocycles. The number of thioether (sulfide) groups is 1. The van der Waals surface area contributed by atoms with Gasteiger partial charge in [-0.15, -0.1) is 0 Å². The van der Waals surface area contributed by atoms with E-state index in [1.54, 1.807) is 24.3 Å². The highest BCUT2D eigenvalue weighted by molar-refractivity contribution is 8.03. The predicted octanol–water partition coefficient (Wildman–Crippen LogP) is 1.91. The maximum absolute atomic E-state index is 11.9. The normalized spacial score (nSPS) is 9.75. The van der Waals surface area contributed by atoms with Crippen LogP contribution in [-0.2, 0) is 0 Å². The number of pyridine rings is 1. The molecule has 0 bridgehead atoms. The van der Waals surface area contributed by atoms with Gasteiger partial charge >= 0.3 is 0 Å². The first-order valence-electron chi connectivity index (χ1n) is 5.49. The summed E-state index contributed by atoms with van der Waals surface area (Å²) in [4.78, 5) is 25.9. The SMILES string of the molecule is N#CSc1ccc(NC(=O)c2c[nH]c(=O)cc2O)cc1. The van der Waals surface area contributed by atoms with Crippen LogP contribution in [0, 0.1) is 10.7 Å². The van der Waals surface area contributed by atoms with Crippen molar-refractivity contribution in [3.05, 3.63) is 52.4 Å². The number of nitrogens with zero attached hydrogens (tertiary/aromatic N) is 1. The molecule has 2 rings (SSSR count). The lowest BCUT2D eigenvalue weighted by Gasteiger charge is -2.06. The van der Waals surface area contributed by atoms with E-state index < -0.39 is 11.5 Å². The van der Waals surface area contributed by atoms with Gasteiger partial charge in [0, 0.05) is 22.8 Å². The lowest BCUT2D eigenvalue weighted by atomic mass is 10.2. The zero-order valence-corrected chi connectivity index (χ0v) is 10.9. The van der Waals surface area contributed by atoms with E-state index in [0.717, 1.165) is 28.9 Å². The van der Waals surface area contributed by atoms with Crippen molar-refractivity contribution >= 4 is 23.4 Å². The van der Waals surface area contributed by atoms with Crippen molar-refractivity contribution in [1.82, 2.24) is 4.98 Å². The second-order valence-corrected chi connectivity index (χ2v) is 4.63. The van der Waals surface area contributed by atoms with Crippen LogP contribution < -0.4 is 10.9 Å². The third kappa shape index (κ3) is 3.18. The van der Waals surface area contributed by atoms with Crippen LogP contribution in [0.2, 0.25) is 0 Å². The molecule has 0 saturated heterocycles. The van der Waals surface area contributed by atoms with Crippen LogP contribution in [0.1, 0.15) is 10.4 Å². The maximum Gasteiger partial charge on any atom is 0.260 e. The minimum atomic E-state index is -0.542. The molecule has 0 unspecified atom stereocenters. The summed E-state index contributed by atoms with van der Waals surface area (Å²) in [5.74, 6) is -0.928. The van der Waals surface area contributed by atoms with E-state index in [1.807, 2.05) is 5.40 Å². The van der Waals surface area contributed by atoms with Gasteiger partial charge in [-0.25, -0.2) is 0 Å². The van der Waals surface area contributed by atoms with E-state index >= 15 is 0 Å². The number of anilines is 1. The number of aromatic nitrogens is 1. The van der Waals surface area contributed by atoms with Gasteiger partial charge in [0.25, 0.3) is 11.5 Å². The number of thiocyanates is 1. The zero-order chi connectivity index (χ0) is 14.5. The van der Waals surface area contributed by atoms with E-state index in [-0.39, 0.29) is 11.3 Å². The number of carbonyl (C=O) groups is 1. The quantitative estimate of drug-likeness (QED) is 0.590. The number of H-pyrrole nitrogens is 1. The molecule has 20 heavy (non-hydrogen) atoms. The Morgan fingerprint density at radius 3 is 2.65 bits per heavy atom. The summed E-state index contributed by atoms with van der Waals surface area (Å²) in [5, 5.41) is 22.6. The highest BCUT2D eigenvalue weighted by atomic mass is 32.2. The van der Waals surface area contributed by atoms with Gasteiger partial charge in [-0.05, 0) is 36.0 Å². The highest BCUT2D eigenvalue weighted by Crippen LogP contribution is 2.20. The molecule has 0 saturated carbocycles. The number of carbonyl (C=O) groups excluding carboxylic acids is 1. The van der Waals surface area contributed by atoms with Crippen molar-refractivity contribution in [2.45, 2.75) is 4.90 Å². The van der Waals surface area contributed by atoms with Crippen LogP contribution in [0.3, 0.4) is 0 Å². The number of hydrogen-bond donors (Lipinski definition) is 3. The molecule has 1 aromatic carbocycles. The molecule has 0 aliphatic rings. The summed E-state index contributed by atoms with van der Waals surface area (Å²) in [6, 6.07) is 7.59. The van der Waals surface area contributed by atoms with E-state index in [1.165, 1.54) is 0 Å². The Morgan fingerprint density at radius 1 is 1.35 bits per heavy atom. The number of hydrogen-bond acceptors (Lipinski definition) is 5. The Bertz CT molecular complexity index is 732. The maximum atomic E-state index is 11.9. The van der Waals surface area contributed by atoms with Crippen molar-refractivity contribution in [1.29, 1.82) is 5.26 Å². The number of nitrogens with one attached hydrogen (secondary N) is 2. The average molecular weight is 287 g/mol. The number of benzene rings is 1. The Labute approximate surface area is 118 Å². The first-order chi connectivity index (χ1) is 9.60. The molecular weight excluding hydrogens is 278 g/mol. The zero-order valence-electron chi connectivity index (χ0n) is 10.1. The molecule has 6 nitrogen and oxygen atoms in total. The molecule has 0 aliphatic carbocycles. The van der Waals surface area contributed by atoms with E-state index in [0.29, 0.717) is 5.69 Å². The summed E-state index contributed by atoms with van der Waals surface area (Å²) >= 11 is 1.02. The van der Waals surface area contributed by atoms with Gasteiger partial charge < -0.3 is 15.4 Å². The molecular formula is C13H9N3O3S. The fraction of sp³-hybridized carbons (Fsp3) is 0. The summed E-state index contributed by atoms with van der Waals surface area (Å²) < 4.78 is 0. The fourth-order valence-electron chi connectivity index (χ4n) is 1.50.